The van der Waals surface area contributed by atoms with Gasteiger partial charge < -0.3 is 15.4 Å². The largest absolute Gasteiger partial charge is 0.462 e. The summed E-state index contributed by atoms with van der Waals surface area (Å²) in [5, 5.41) is 5.66. The Bertz CT molecular complexity index is 840. The fourth-order valence-corrected chi connectivity index (χ4v) is 2.34. The third-order valence-corrected chi connectivity index (χ3v) is 3.99. The maximum Gasteiger partial charge on any atom is 0.338 e. The van der Waals surface area contributed by atoms with E-state index in [2.05, 4.69) is 10.6 Å². The average molecular weight is 395 g/mol. The molecule has 0 aliphatic rings. The summed E-state index contributed by atoms with van der Waals surface area (Å²) in [7, 11) is 0. The van der Waals surface area contributed by atoms with E-state index in [1.54, 1.807) is 25.1 Å². The number of carbonyl (C=O) groups excluding carboxylic acids is 3. The Morgan fingerprint density at radius 1 is 1.00 bits per heavy atom. The van der Waals surface area contributed by atoms with Crippen LogP contribution in [0.3, 0.4) is 0 Å². The third kappa shape index (κ3) is 5.47. The van der Waals surface area contributed by atoms with Crippen molar-refractivity contribution in [1.82, 2.24) is 5.32 Å². The maximum atomic E-state index is 12.0. The summed E-state index contributed by atoms with van der Waals surface area (Å²) in [6.45, 7) is 1.72. The molecule has 0 unspecified atom stereocenters. The van der Waals surface area contributed by atoms with Gasteiger partial charge in [0, 0.05) is 11.3 Å². The molecule has 2 N–H and O–H groups in total. The Morgan fingerprint density at radius 2 is 1.77 bits per heavy atom. The lowest BCUT2D eigenvalue weighted by molar-refractivity contribution is -0.115. The topological polar surface area (TPSA) is 84.5 Å². The quantitative estimate of drug-likeness (QED) is 0.733. The van der Waals surface area contributed by atoms with Gasteiger partial charge in [-0.2, -0.15) is 0 Å². The van der Waals surface area contributed by atoms with E-state index >= 15 is 0 Å². The number of carbonyl (C=O) groups is 3. The number of hydrogen-bond acceptors (Lipinski definition) is 4. The highest BCUT2D eigenvalue weighted by Gasteiger charge is 2.11. The number of hydrogen-bond donors (Lipinski definition) is 2. The number of amides is 2. The number of anilines is 1. The number of esters is 1. The van der Waals surface area contributed by atoms with Gasteiger partial charge in [-0.05, 0) is 43.3 Å². The van der Waals surface area contributed by atoms with Crippen molar-refractivity contribution in [1.29, 1.82) is 0 Å². The SMILES string of the molecule is CCOC(=O)c1cccc(NC(=O)CNC(=O)c2ccc(Cl)c(Cl)c2)c1. The van der Waals surface area contributed by atoms with Crippen LogP contribution in [0, 0.1) is 0 Å². The molecule has 0 saturated carbocycles. The summed E-state index contributed by atoms with van der Waals surface area (Å²) in [6.07, 6.45) is 0. The van der Waals surface area contributed by atoms with Crippen LogP contribution in [0.25, 0.3) is 0 Å². The van der Waals surface area contributed by atoms with Gasteiger partial charge in [-0.15, -0.1) is 0 Å². The molecule has 136 valence electrons. The molecule has 0 atom stereocenters. The molecule has 0 aromatic heterocycles. The fraction of sp³-hybridized carbons (Fsp3) is 0.167. The number of nitrogens with one attached hydrogen (secondary N) is 2. The molecule has 0 bridgehead atoms. The van der Waals surface area contributed by atoms with Gasteiger partial charge in [0.2, 0.25) is 5.91 Å². The Kier molecular flexibility index (Phi) is 7.00. The van der Waals surface area contributed by atoms with E-state index in [-0.39, 0.29) is 23.7 Å². The van der Waals surface area contributed by atoms with E-state index in [4.69, 9.17) is 27.9 Å². The predicted molar refractivity (Wildman–Crippen MR) is 99.8 cm³/mol. The highest BCUT2D eigenvalue weighted by Crippen LogP contribution is 2.22. The van der Waals surface area contributed by atoms with E-state index in [1.807, 2.05) is 0 Å². The van der Waals surface area contributed by atoms with Crippen LogP contribution in [0.1, 0.15) is 27.6 Å². The van der Waals surface area contributed by atoms with E-state index in [0.717, 1.165) is 0 Å². The Hall–Kier alpha value is -2.57. The van der Waals surface area contributed by atoms with Crippen LogP contribution in [0.15, 0.2) is 42.5 Å². The minimum atomic E-state index is -0.475. The number of rotatable bonds is 6. The van der Waals surface area contributed by atoms with Gasteiger partial charge >= 0.3 is 5.97 Å². The first-order chi connectivity index (χ1) is 12.4. The van der Waals surface area contributed by atoms with Crippen molar-refractivity contribution in [2.75, 3.05) is 18.5 Å². The molecule has 0 saturated heterocycles. The molecule has 0 spiro atoms. The lowest BCUT2D eigenvalue weighted by atomic mass is 10.2. The summed E-state index contributed by atoms with van der Waals surface area (Å²) >= 11 is 11.7. The van der Waals surface area contributed by atoms with E-state index in [0.29, 0.717) is 16.3 Å². The summed E-state index contributed by atoms with van der Waals surface area (Å²) in [5.74, 6) is -1.38. The first kappa shape index (κ1) is 19.8. The Balaban J connectivity index is 1.92. The lowest BCUT2D eigenvalue weighted by Gasteiger charge is -2.09. The highest BCUT2D eigenvalue weighted by molar-refractivity contribution is 6.42. The van der Waals surface area contributed by atoms with Crippen LogP contribution in [0.2, 0.25) is 10.0 Å². The molecule has 2 amide bonds. The summed E-state index contributed by atoms with van der Waals surface area (Å²) in [5.41, 5.74) is 1.03. The van der Waals surface area contributed by atoms with Gasteiger partial charge in [-0.25, -0.2) is 4.79 Å². The van der Waals surface area contributed by atoms with Gasteiger partial charge in [0.25, 0.3) is 5.91 Å². The van der Waals surface area contributed by atoms with Crippen molar-refractivity contribution >= 4 is 46.7 Å². The van der Waals surface area contributed by atoms with E-state index < -0.39 is 17.8 Å². The van der Waals surface area contributed by atoms with Gasteiger partial charge in [-0.1, -0.05) is 29.3 Å². The zero-order chi connectivity index (χ0) is 19.1. The van der Waals surface area contributed by atoms with Gasteiger partial charge in [0.1, 0.15) is 0 Å². The molecular formula is C18H16Cl2N2O4. The van der Waals surface area contributed by atoms with Gasteiger partial charge in [-0.3, -0.25) is 9.59 Å². The monoisotopic (exact) mass is 394 g/mol. The van der Waals surface area contributed by atoms with Crippen LogP contribution >= 0.6 is 23.2 Å². The molecular weight excluding hydrogens is 379 g/mol. The van der Waals surface area contributed by atoms with Crippen molar-refractivity contribution in [2.24, 2.45) is 0 Å². The normalized spacial score (nSPS) is 10.1. The van der Waals surface area contributed by atoms with Crippen molar-refractivity contribution in [3.63, 3.8) is 0 Å². The van der Waals surface area contributed by atoms with Crippen molar-refractivity contribution in [3.8, 4) is 0 Å². The molecule has 0 fully saturated rings. The number of halogens is 2. The van der Waals surface area contributed by atoms with Crippen LogP contribution in [0.5, 0.6) is 0 Å². The maximum absolute atomic E-state index is 12.0. The van der Waals surface area contributed by atoms with E-state index in [1.165, 1.54) is 24.3 Å². The summed E-state index contributed by atoms with van der Waals surface area (Å²) < 4.78 is 4.91. The van der Waals surface area contributed by atoms with Crippen LogP contribution in [-0.4, -0.2) is 30.9 Å². The van der Waals surface area contributed by atoms with Crippen molar-refractivity contribution < 1.29 is 19.1 Å². The van der Waals surface area contributed by atoms with E-state index in [9.17, 15) is 14.4 Å². The second kappa shape index (κ2) is 9.22. The molecule has 0 radical (unpaired) electrons. The zero-order valence-corrected chi connectivity index (χ0v) is 15.4. The van der Waals surface area contributed by atoms with Gasteiger partial charge in [0.15, 0.2) is 0 Å². The molecule has 8 heteroatoms. The number of ether oxygens (including phenoxy) is 1. The molecule has 0 aliphatic heterocycles. The molecule has 26 heavy (non-hydrogen) atoms. The van der Waals surface area contributed by atoms with Crippen LogP contribution in [-0.2, 0) is 9.53 Å². The minimum Gasteiger partial charge on any atom is -0.462 e. The van der Waals surface area contributed by atoms with Gasteiger partial charge in [0.05, 0.1) is 28.8 Å². The number of benzene rings is 2. The van der Waals surface area contributed by atoms with Crippen LogP contribution in [0.4, 0.5) is 5.69 Å². The zero-order valence-electron chi connectivity index (χ0n) is 13.8. The fourth-order valence-electron chi connectivity index (χ4n) is 2.04. The first-order valence-electron chi connectivity index (χ1n) is 7.71. The smallest absolute Gasteiger partial charge is 0.338 e. The average Bonchev–Trinajstić information content (AvgIpc) is 2.62. The molecule has 2 aromatic rings. The third-order valence-electron chi connectivity index (χ3n) is 3.25. The Morgan fingerprint density at radius 3 is 2.46 bits per heavy atom. The van der Waals surface area contributed by atoms with Crippen molar-refractivity contribution in [3.05, 3.63) is 63.6 Å². The highest BCUT2D eigenvalue weighted by atomic mass is 35.5. The van der Waals surface area contributed by atoms with Crippen LogP contribution < -0.4 is 10.6 Å². The first-order valence-corrected chi connectivity index (χ1v) is 8.46. The summed E-state index contributed by atoms with van der Waals surface area (Å²) in [4.78, 5) is 35.7. The molecule has 2 rings (SSSR count). The van der Waals surface area contributed by atoms with Crippen molar-refractivity contribution in [2.45, 2.75) is 6.92 Å². The second-order valence-corrected chi connectivity index (χ2v) is 5.98. The molecule has 0 aliphatic carbocycles. The standard InChI is InChI=1S/C18H16Cl2N2O4/c1-2-26-18(25)12-4-3-5-13(8-12)22-16(23)10-21-17(24)11-6-7-14(19)15(20)9-11/h3-9H,2,10H2,1H3,(H,21,24)(H,22,23). The molecule has 0 heterocycles. The summed E-state index contributed by atoms with van der Waals surface area (Å²) in [6, 6.07) is 10.7. The molecule has 6 nitrogen and oxygen atoms in total. The second-order valence-electron chi connectivity index (χ2n) is 5.16. The predicted octanol–water partition coefficient (Wildman–Crippen LogP) is 3.54. The molecule has 2 aromatic carbocycles. The lowest BCUT2D eigenvalue weighted by Crippen LogP contribution is -2.32. The minimum absolute atomic E-state index is 0.247. The Labute approximate surface area is 160 Å².